The Kier molecular flexibility index (Phi) is 2.83. The van der Waals surface area contributed by atoms with Gasteiger partial charge in [-0.25, -0.2) is 9.97 Å². The highest BCUT2D eigenvalue weighted by Gasteiger charge is 2.09. The van der Waals surface area contributed by atoms with Crippen LogP contribution in [0, 0.1) is 0 Å². The van der Waals surface area contributed by atoms with E-state index >= 15 is 0 Å². The van der Waals surface area contributed by atoms with Crippen molar-refractivity contribution >= 4 is 43.8 Å². The highest BCUT2D eigenvalue weighted by molar-refractivity contribution is 7.21. The predicted molar refractivity (Wildman–Crippen MR) is 84.6 cm³/mol. The highest BCUT2D eigenvalue weighted by atomic mass is 32.1. The number of carbonyl (C=O) groups is 1. The van der Waals surface area contributed by atoms with Crippen molar-refractivity contribution in [3.8, 4) is 11.3 Å². The van der Waals surface area contributed by atoms with Gasteiger partial charge in [-0.05, 0) is 18.2 Å². The maximum absolute atomic E-state index is 11.1. The number of aromatic amines is 1. The van der Waals surface area contributed by atoms with E-state index in [1.54, 1.807) is 12.4 Å². The van der Waals surface area contributed by atoms with Gasteiger partial charge in [0.2, 0.25) is 5.91 Å². The molecule has 0 radical (unpaired) electrons. The van der Waals surface area contributed by atoms with E-state index in [-0.39, 0.29) is 5.91 Å². The van der Waals surface area contributed by atoms with Gasteiger partial charge in [-0.15, -0.1) is 0 Å². The Labute approximate surface area is 128 Å². The average molecular weight is 310 g/mol. The van der Waals surface area contributed by atoms with Crippen LogP contribution < -0.4 is 5.32 Å². The molecular formula is C14H10N6OS. The quantitative estimate of drug-likeness (QED) is 0.593. The Hall–Kier alpha value is -2.87. The number of aromatic nitrogens is 5. The van der Waals surface area contributed by atoms with Crippen molar-refractivity contribution < 1.29 is 4.79 Å². The number of hydrogen-bond acceptors (Lipinski definition) is 6. The summed E-state index contributed by atoms with van der Waals surface area (Å²) in [5.74, 6) is -0.145. The summed E-state index contributed by atoms with van der Waals surface area (Å²) in [4.78, 5) is 25.1. The maximum Gasteiger partial charge on any atom is 0.223 e. The van der Waals surface area contributed by atoms with E-state index in [2.05, 4.69) is 30.5 Å². The number of carbonyl (C=O) groups excluding carboxylic acids is 1. The minimum atomic E-state index is -0.145. The van der Waals surface area contributed by atoms with Crippen molar-refractivity contribution in [2.45, 2.75) is 6.92 Å². The predicted octanol–water partition coefficient (Wildman–Crippen LogP) is 2.59. The molecule has 0 saturated heterocycles. The molecule has 0 aliphatic rings. The van der Waals surface area contributed by atoms with E-state index < -0.39 is 0 Å². The van der Waals surface area contributed by atoms with Gasteiger partial charge in [0.1, 0.15) is 15.9 Å². The highest BCUT2D eigenvalue weighted by Crippen LogP contribution is 2.28. The summed E-state index contributed by atoms with van der Waals surface area (Å²) in [6, 6.07) is 5.73. The first-order valence-corrected chi connectivity index (χ1v) is 7.35. The van der Waals surface area contributed by atoms with Crippen molar-refractivity contribution in [3.63, 3.8) is 0 Å². The third kappa shape index (κ3) is 2.19. The minimum Gasteiger partial charge on any atom is -0.302 e. The Morgan fingerprint density at radius 2 is 2.14 bits per heavy atom. The van der Waals surface area contributed by atoms with E-state index in [9.17, 15) is 4.79 Å². The van der Waals surface area contributed by atoms with Crippen molar-refractivity contribution in [1.29, 1.82) is 0 Å². The van der Waals surface area contributed by atoms with E-state index in [1.807, 2.05) is 18.2 Å². The summed E-state index contributed by atoms with van der Waals surface area (Å²) in [7, 11) is 0. The van der Waals surface area contributed by atoms with Crippen LogP contribution in [-0.4, -0.2) is 31.1 Å². The van der Waals surface area contributed by atoms with E-state index in [0.29, 0.717) is 5.13 Å². The second-order valence-electron chi connectivity index (χ2n) is 4.75. The largest absolute Gasteiger partial charge is 0.302 e. The molecular weight excluding hydrogens is 300 g/mol. The molecule has 0 atom stereocenters. The number of rotatable bonds is 2. The van der Waals surface area contributed by atoms with Crippen LogP contribution in [0.25, 0.3) is 32.6 Å². The first-order valence-electron chi connectivity index (χ1n) is 6.54. The summed E-state index contributed by atoms with van der Waals surface area (Å²) in [6.45, 7) is 1.45. The fourth-order valence-electron chi connectivity index (χ4n) is 2.15. The molecule has 0 spiro atoms. The molecule has 108 valence electrons. The van der Waals surface area contributed by atoms with Gasteiger partial charge in [-0.3, -0.25) is 14.9 Å². The van der Waals surface area contributed by atoms with Crippen LogP contribution in [0.3, 0.4) is 0 Å². The second kappa shape index (κ2) is 4.85. The van der Waals surface area contributed by atoms with Gasteiger partial charge in [0.05, 0.1) is 17.4 Å². The van der Waals surface area contributed by atoms with Crippen LogP contribution in [-0.2, 0) is 4.79 Å². The molecule has 0 aromatic carbocycles. The summed E-state index contributed by atoms with van der Waals surface area (Å²) < 4.78 is 0. The lowest BCUT2D eigenvalue weighted by Gasteiger charge is -2.00. The van der Waals surface area contributed by atoms with Gasteiger partial charge in [-0.1, -0.05) is 11.3 Å². The number of amides is 1. The molecule has 4 rings (SSSR count). The third-order valence-corrected chi connectivity index (χ3v) is 4.01. The molecule has 4 heterocycles. The monoisotopic (exact) mass is 310 g/mol. The lowest BCUT2D eigenvalue weighted by Crippen LogP contribution is -2.04. The number of pyridine rings is 2. The number of anilines is 1. The van der Waals surface area contributed by atoms with Crippen LogP contribution in [0.2, 0.25) is 0 Å². The average Bonchev–Trinajstić information content (AvgIpc) is 3.10. The molecule has 8 heteroatoms. The molecule has 0 saturated carbocycles. The van der Waals surface area contributed by atoms with Crippen molar-refractivity contribution in [2.24, 2.45) is 0 Å². The first kappa shape index (κ1) is 12.8. The lowest BCUT2D eigenvalue weighted by molar-refractivity contribution is -0.114. The normalized spacial score (nSPS) is 11.1. The van der Waals surface area contributed by atoms with Crippen molar-refractivity contribution in [2.75, 3.05) is 5.32 Å². The number of thiazole rings is 1. The van der Waals surface area contributed by atoms with Gasteiger partial charge in [-0.2, -0.15) is 5.10 Å². The number of fused-ring (bicyclic) bond motifs is 2. The Morgan fingerprint density at radius 3 is 3.00 bits per heavy atom. The molecule has 0 aliphatic carbocycles. The Morgan fingerprint density at radius 1 is 1.23 bits per heavy atom. The van der Waals surface area contributed by atoms with Gasteiger partial charge >= 0.3 is 0 Å². The summed E-state index contributed by atoms with van der Waals surface area (Å²) >= 11 is 1.34. The standard InChI is InChI=1S/C14H10N6OS/c1-7(21)17-14-19-10-3-2-9(18-13(10)22-14)8-4-11-12(15-5-8)6-16-20-11/h2-6H,1H3,(H,16,20)(H,17,19,21). The maximum atomic E-state index is 11.1. The summed E-state index contributed by atoms with van der Waals surface area (Å²) in [5, 5.41) is 10.1. The SMILES string of the molecule is CC(=O)Nc1nc2ccc(-c3cnc4cn[nH]c4c3)nc2s1. The van der Waals surface area contributed by atoms with Crippen LogP contribution in [0.15, 0.2) is 30.6 Å². The fourth-order valence-corrected chi connectivity index (χ4v) is 3.04. The zero-order valence-electron chi connectivity index (χ0n) is 11.5. The lowest BCUT2D eigenvalue weighted by atomic mass is 10.2. The molecule has 1 amide bonds. The zero-order valence-corrected chi connectivity index (χ0v) is 12.3. The van der Waals surface area contributed by atoms with Crippen molar-refractivity contribution in [3.05, 3.63) is 30.6 Å². The molecule has 0 unspecified atom stereocenters. The smallest absolute Gasteiger partial charge is 0.223 e. The van der Waals surface area contributed by atoms with Gasteiger partial charge < -0.3 is 5.32 Å². The molecule has 4 aromatic heterocycles. The number of hydrogen-bond donors (Lipinski definition) is 2. The molecule has 22 heavy (non-hydrogen) atoms. The minimum absolute atomic E-state index is 0.145. The molecule has 4 aromatic rings. The Bertz CT molecular complexity index is 1000. The third-order valence-electron chi connectivity index (χ3n) is 3.12. The molecule has 0 aliphatic heterocycles. The Balaban J connectivity index is 1.79. The van der Waals surface area contributed by atoms with E-state index in [4.69, 9.17) is 0 Å². The summed E-state index contributed by atoms with van der Waals surface area (Å²) in [6.07, 6.45) is 3.44. The molecule has 7 nitrogen and oxygen atoms in total. The van der Waals surface area contributed by atoms with Crippen LogP contribution in [0.1, 0.15) is 6.92 Å². The second-order valence-corrected chi connectivity index (χ2v) is 5.73. The summed E-state index contributed by atoms with van der Waals surface area (Å²) in [5.41, 5.74) is 4.13. The zero-order chi connectivity index (χ0) is 15.1. The van der Waals surface area contributed by atoms with Gasteiger partial charge in [0.15, 0.2) is 5.13 Å². The number of H-pyrrole nitrogens is 1. The van der Waals surface area contributed by atoms with E-state index in [1.165, 1.54) is 18.3 Å². The first-order chi connectivity index (χ1) is 10.7. The fraction of sp³-hybridized carbons (Fsp3) is 0.0714. The number of nitrogens with zero attached hydrogens (tertiary/aromatic N) is 4. The van der Waals surface area contributed by atoms with Crippen LogP contribution >= 0.6 is 11.3 Å². The molecule has 0 fully saturated rings. The topological polar surface area (TPSA) is 96.5 Å². The van der Waals surface area contributed by atoms with Gasteiger partial charge in [0, 0.05) is 18.7 Å². The van der Waals surface area contributed by atoms with Crippen LogP contribution in [0.4, 0.5) is 5.13 Å². The van der Waals surface area contributed by atoms with Crippen molar-refractivity contribution in [1.82, 2.24) is 25.1 Å². The van der Waals surface area contributed by atoms with E-state index in [0.717, 1.165) is 32.6 Å². The number of nitrogens with one attached hydrogen (secondary N) is 2. The molecule has 0 bridgehead atoms. The van der Waals surface area contributed by atoms with Gasteiger partial charge in [0.25, 0.3) is 0 Å². The molecule has 2 N–H and O–H groups in total. The van der Waals surface area contributed by atoms with Crippen LogP contribution in [0.5, 0.6) is 0 Å².